The topological polar surface area (TPSA) is 29.0 Å². The maximum Gasteiger partial charge on any atom is 0.147 e. The van der Waals surface area contributed by atoms with Gasteiger partial charge in [-0.05, 0) is 50.9 Å². The molecule has 1 saturated heterocycles. The molecule has 0 bridgehead atoms. The molecule has 3 nitrogen and oxygen atoms in total. The molecular weight excluding hydrogens is 278 g/mol. The number of likely N-dealkylation sites (tertiary alicyclic amines) is 1. The van der Waals surface area contributed by atoms with Gasteiger partial charge >= 0.3 is 0 Å². The Morgan fingerprint density at radius 2 is 2.05 bits per heavy atom. The molecule has 0 spiro atoms. The molecule has 0 unspecified atom stereocenters. The molecule has 0 N–H and O–H groups in total. The highest BCUT2D eigenvalue weighted by Gasteiger charge is 2.19. The average Bonchev–Trinajstić information content (AvgIpc) is 3.18. The third kappa shape index (κ3) is 3.33. The second-order valence-corrected chi connectivity index (χ2v) is 6.86. The summed E-state index contributed by atoms with van der Waals surface area (Å²) in [7, 11) is 0. The fourth-order valence-corrected chi connectivity index (χ4v) is 3.89. The average molecular weight is 301 g/mol. The summed E-state index contributed by atoms with van der Waals surface area (Å²) >= 11 is 1.73. The van der Waals surface area contributed by atoms with Crippen LogP contribution in [-0.4, -0.2) is 28.2 Å². The lowest BCUT2D eigenvalue weighted by Gasteiger charge is -2.24. The van der Waals surface area contributed by atoms with E-state index < -0.39 is 0 Å². The smallest absolute Gasteiger partial charge is 0.147 e. The molecule has 4 heteroatoms. The van der Waals surface area contributed by atoms with Crippen LogP contribution in [0.5, 0.6) is 0 Å². The van der Waals surface area contributed by atoms with Crippen LogP contribution in [0.2, 0.25) is 0 Å². The van der Waals surface area contributed by atoms with Crippen molar-refractivity contribution in [2.75, 3.05) is 13.1 Å². The van der Waals surface area contributed by atoms with Crippen LogP contribution in [0.25, 0.3) is 10.6 Å². The number of hydrogen-bond acceptors (Lipinski definition) is 4. The van der Waals surface area contributed by atoms with Gasteiger partial charge in [-0.25, -0.2) is 0 Å². The number of nitrogens with zero attached hydrogens (tertiary/aromatic N) is 3. The van der Waals surface area contributed by atoms with Gasteiger partial charge in [-0.15, -0.1) is 10.2 Å². The zero-order chi connectivity index (χ0) is 14.7. The molecule has 112 valence electrons. The highest BCUT2D eigenvalue weighted by Crippen LogP contribution is 2.29. The SMILES string of the molecule is CCCc1nnc(-c2cccc([C@H](C)N3CCCC3)c2)s1. The molecule has 0 radical (unpaired) electrons. The Morgan fingerprint density at radius 3 is 2.81 bits per heavy atom. The summed E-state index contributed by atoms with van der Waals surface area (Å²) in [5.41, 5.74) is 2.60. The molecule has 1 aliphatic rings. The zero-order valence-corrected chi connectivity index (χ0v) is 13.7. The molecular formula is C17H23N3S. The normalized spacial score (nSPS) is 17.2. The van der Waals surface area contributed by atoms with Gasteiger partial charge in [0.15, 0.2) is 0 Å². The van der Waals surface area contributed by atoms with Gasteiger partial charge in [0.25, 0.3) is 0 Å². The van der Waals surface area contributed by atoms with E-state index in [1.807, 2.05) is 0 Å². The van der Waals surface area contributed by atoms with E-state index in [-0.39, 0.29) is 0 Å². The van der Waals surface area contributed by atoms with E-state index in [2.05, 4.69) is 53.2 Å². The van der Waals surface area contributed by atoms with Gasteiger partial charge in [-0.2, -0.15) is 0 Å². The Kier molecular flexibility index (Phi) is 4.66. The van der Waals surface area contributed by atoms with E-state index in [1.54, 1.807) is 11.3 Å². The van der Waals surface area contributed by atoms with Crippen LogP contribution in [-0.2, 0) is 6.42 Å². The second-order valence-electron chi connectivity index (χ2n) is 5.80. The molecule has 3 rings (SSSR count). The predicted octanol–water partition coefficient (Wildman–Crippen LogP) is 4.31. The van der Waals surface area contributed by atoms with Gasteiger partial charge in [-0.1, -0.05) is 36.5 Å². The first-order valence-electron chi connectivity index (χ1n) is 7.94. The molecule has 2 heterocycles. The van der Waals surface area contributed by atoms with Gasteiger partial charge in [-0.3, -0.25) is 4.90 Å². The Labute approximate surface area is 131 Å². The molecule has 21 heavy (non-hydrogen) atoms. The molecule has 2 aromatic rings. The quantitative estimate of drug-likeness (QED) is 0.824. The minimum atomic E-state index is 0.496. The highest BCUT2D eigenvalue weighted by molar-refractivity contribution is 7.14. The maximum atomic E-state index is 4.36. The fraction of sp³-hybridized carbons (Fsp3) is 0.529. The van der Waals surface area contributed by atoms with Crippen LogP contribution >= 0.6 is 11.3 Å². The Hall–Kier alpha value is -1.26. The lowest BCUT2D eigenvalue weighted by Crippen LogP contribution is -2.23. The molecule has 1 aromatic heterocycles. The van der Waals surface area contributed by atoms with E-state index >= 15 is 0 Å². The third-order valence-electron chi connectivity index (χ3n) is 4.24. The Balaban J connectivity index is 1.81. The summed E-state index contributed by atoms with van der Waals surface area (Å²) in [6.07, 6.45) is 4.82. The van der Waals surface area contributed by atoms with Crippen LogP contribution < -0.4 is 0 Å². The molecule has 0 amide bonds. The van der Waals surface area contributed by atoms with E-state index in [9.17, 15) is 0 Å². The summed E-state index contributed by atoms with van der Waals surface area (Å²) in [5, 5.41) is 10.8. The molecule has 0 saturated carbocycles. The molecule has 1 atom stereocenters. The van der Waals surface area contributed by atoms with Crippen LogP contribution in [0.4, 0.5) is 0 Å². The molecule has 0 aliphatic carbocycles. The van der Waals surface area contributed by atoms with Crippen molar-refractivity contribution in [3.05, 3.63) is 34.8 Å². The molecule has 1 aromatic carbocycles. The Morgan fingerprint density at radius 1 is 1.24 bits per heavy atom. The van der Waals surface area contributed by atoms with Crippen LogP contribution in [0.15, 0.2) is 24.3 Å². The largest absolute Gasteiger partial charge is 0.297 e. The van der Waals surface area contributed by atoms with Gasteiger partial charge in [0.05, 0.1) is 0 Å². The van der Waals surface area contributed by atoms with Gasteiger partial charge in [0.1, 0.15) is 10.0 Å². The zero-order valence-electron chi connectivity index (χ0n) is 12.9. The lowest BCUT2D eigenvalue weighted by atomic mass is 10.0. The van der Waals surface area contributed by atoms with E-state index in [1.165, 1.54) is 37.1 Å². The van der Waals surface area contributed by atoms with Crippen molar-refractivity contribution in [1.82, 2.24) is 15.1 Å². The van der Waals surface area contributed by atoms with Crippen molar-refractivity contribution in [3.63, 3.8) is 0 Å². The minimum Gasteiger partial charge on any atom is -0.297 e. The molecule has 1 aliphatic heterocycles. The lowest BCUT2D eigenvalue weighted by molar-refractivity contribution is 0.263. The van der Waals surface area contributed by atoms with Gasteiger partial charge in [0.2, 0.25) is 0 Å². The van der Waals surface area contributed by atoms with Crippen molar-refractivity contribution >= 4 is 11.3 Å². The Bertz CT molecular complexity index is 587. The number of aryl methyl sites for hydroxylation is 1. The summed E-state index contributed by atoms with van der Waals surface area (Å²) < 4.78 is 0. The maximum absolute atomic E-state index is 4.36. The number of rotatable bonds is 5. The fourth-order valence-electron chi connectivity index (χ4n) is 2.96. The standard InChI is InChI=1S/C17H23N3S/c1-3-7-16-18-19-17(21-16)15-9-6-8-14(12-15)13(2)20-10-4-5-11-20/h6,8-9,12-13H,3-5,7,10-11H2,1-2H3/t13-/m0/s1. The van der Waals surface area contributed by atoms with Crippen LogP contribution in [0, 0.1) is 0 Å². The van der Waals surface area contributed by atoms with Crippen molar-refractivity contribution in [2.24, 2.45) is 0 Å². The van der Waals surface area contributed by atoms with Gasteiger partial charge in [0, 0.05) is 18.0 Å². The van der Waals surface area contributed by atoms with Crippen molar-refractivity contribution in [2.45, 2.75) is 45.6 Å². The monoisotopic (exact) mass is 301 g/mol. The summed E-state index contributed by atoms with van der Waals surface area (Å²) in [5.74, 6) is 0. The summed E-state index contributed by atoms with van der Waals surface area (Å²) in [6.45, 7) is 6.95. The third-order valence-corrected chi connectivity index (χ3v) is 5.27. The number of hydrogen-bond donors (Lipinski definition) is 0. The summed E-state index contributed by atoms with van der Waals surface area (Å²) in [6, 6.07) is 9.32. The second kappa shape index (κ2) is 6.67. The van der Waals surface area contributed by atoms with Crippen molar-refractivity contribution in [3.8, 4) is 10.6 Å². The van der Waals surface area contributed by atoms with E-state index in [0.717, 1.165) is 22.9 Å². The van der Waals surface area contributed by atoms with Crippen LogP contribution in [0.1, 0.15) is 49.7 Å². The first-order chi connectivity index (χ1) is 10.3. The first kappa shape index (κ1) is 14.7. The van der Waals surface area contributed by atoms with E-state index in [4.69, 9.17) is 0 Å². The highest BCUT2D eigenvalue weighted by atomic mass is 32.1. The number of benzene rings is 1. The molecule has 1 fully saturated rings. The van der Waals surface area contributed by atoms with Crippen LogP contribution in [0.3, 0.4) is 0 Å². The van der Waals surface area contributed by atoms with E-state index in [0.29, 0.717) is 6.04 Å². The first-order valence-corrected chi connectivity index (χ1v) is 8.76. The summed E-state index contributed by atoms with van der Waals surface area (Å²) in [4.78, 5) is 2.57. The van der Waals surface area contributed by atoms with Crippen molar-refractivity contribution in [1.29, 1.82) is 0 Å². The minimum absolute atomic E-state index is 0.496. The number of aromatic nitrogens is 2. The van der Waals surface area contributed by atoms with Gasteiger partial charge < -0.3 is 0 Å². The van der Waals surface area contributed by atoms with Crippen molar-refractivity contribution < 1.29 is 0 Å². The predicted molar refractivity (Wildman–Crippen MR) is 88.6 cm³/mol.